The summed E-state index contributed by atoms with van der Waals surface area (Å²) in [7, 11) is 0. The monoisotopic (exact) mass is 185 g/mol. The van der Waals surface area contributed by atoms with E-state index >= 15 is 0 Å². The molecule has 0 spiro atoms. The summed E-state index contributed by atoms with van der Waals surface area (Å²) in [5.41, 5.74) is 0. The van der Waals surface area contributed by atoms with Gasteiger partial charge in [-0.25, -0.2) is 4.79 Å². The molecule has 0 aromatic heterocycles. The summed E-state index contributed by atoms with van der Waals surface area (Å²) in [6, 6.07) is 0. The van der Waals surface area contributed by atoms with Crippen LogP contribution in [0.1, 0.15) is 9.78 Å². The van der Waals surface area contributed by atoms with E-state index < -0.39 is 12.1 Å². The van der Waals surface area contributed by atoms with Gasteiger partial charge >= 0.3 is 43.7 Å². The quantitative estimate of drug-likeness (QED) is 0.396. The molecule has 7 heteroatoms. The molecule has 10 heavy (non-hydrogen) atoms. The fourth-order valence-corrected chi connectivity index (χ4v) is 0. The molecule has 0 aliphatic carbocycles. The van der Waals surface area contributed by atoms with Crippen LogP contribution in [0, 0.1) is 0 Å². The topological polar surface area (TPSA) is 156 Å². The van der Waals surface area contributed by atoms with Crippen molar-refractivity contribution >= 4 is 43.7 Å². The van der Waals surface area contributed by atoms with Crippen molar-refractivity contribution in [3.05, 3.63) is 0 Å². The summed E-state index contributed by atoms with van der Waals surface area (Å²) in [4.78, 5) is 9.45. The molecule has 0 saturated carbocycles. The van der Waals surface area contributed by atoms with E-state index in [4.69, 9.17) is 10.2 Å². The van der Waals surface area contributed by atoms with Crippen LogP contribution in [-0.4, -0.2) is 71.0 Å². The molecule has 0 heterocycles. The Morgan fingerprint density at radius 1 is 1.50 bits per heavy atom. The molecule has 0 aliphatic rings. The van der Waals surface area contributed by atoms with Gasteiger partial charge in [-0.3, -0.25) is 0 Å². The molecule has 0 radical (unpaired) electrons. The number of carboxylic acids is 1. The van der Waals surface area contributed by atoms with Gasteiger partial charge in [0.15, 0.2) is 0 Å². The Morgan fingerprint density at radius 2 is 1.60 bits per heavy atom. The van der Waals surface area contributed by atoms with Crippen molar-refractivity contribution in [3.8, 4) is 0 Å². The first kappa shape index (κ1) is 31.2. The number of carboxylic acid groups (broad SMARTS) is 1. The second kappa shape index (κ2) is 16.3. The molecule has 6 nitrogen and oxygen atoms in total. The van der Waals surface area contributed by atoms with Gasteiger partial charge in [0.05, 0.1) is 0 Å². The minimum absolute atomic E-state index is 0. The molecule has 0 aliphatic heterocycles. The SMILES string of the molecule is CC(O)C(=O)O.N.O.O.[Ca+2].[H-].[H-]. The molecular weight excluding hydrogens is 170 g/mol. The summed E-state index contributed by atoms with van der Waals surface area (Å²) in [5.74, 6) is -1.19. The zero-order chi connectivity index (χ0) is 5.15. The third-order valence-electron chi connectivity index (χ3n) is 0.357. The van der Waals surface area contributed by atoms with Crippen LogP contribution in [0.2, 0.25) is 0 Å². The molecule has 1 atom stereocenters. The fraction of sp³-hybridized carbons (Fsp3) is 0.667. The second-order valence-electron chi connectivity index (χ2n) is 1.01. The largest absolute Gasteiger partial charge is 2.00 e. The van der Waals surface area contributed by atoms with Crippen molar-refractivity contribution in [2.45, 2.75) is 13.0 Å². The van der Waals surface area contributed by atoms with E-state index in [1.54, 1.807) is 0 Å². The summed E-state index contributed by atoms with van der Waals surface area (Å²) >= 11 is 0. The Balaban J connectivity index is -0.00000000833. The molecule has 0 aromatic rings. The van der Waals surface area contributed by atoms with E-state index in [1.165, 1.54) is 6.92 Å². The third-order valence-corrected chi connectivity index (χ3v) is 0.357. The Labute approximate surface area is 91.4 Å². The van der Waals surface area contributed by atoms with E-state index in [1.807, 2.05) is 0 Å². The average Bonchev–Trinajstić information content (AvgIpc) is 1.36. The van der Waals surface area contributed by atoms with Crippen LogP contribution in [0.25, 0.3) is 0 Å². The van der Waals surface area contributed by atoms with E-state index in [-0.39, 0.29) is 57.7 Å². The first-order valence-corrected chi connectivity index (χ1v) is 1.55. The second-order valence-corrected chi connectivity index (χ2v) is 1.01. The van der Waals surface area contributed by atoms with Crippen LogP contribution in [-0.2, 0) is 4.79 Å². The Bertz CT molecular complexity index is 75.7. The zero-order valence-corrected chi connectivity index (χ0v) is 8.00. The standard InChI is InChI=1S/C3H6O3.Ca.H3N.2H2O.2H/c1-2(4)3(5)6;;;;;;/h2,4H,1H3,(H,5,6);;1H3;2*1H2;;/q;+2;;;;2*-1. The van der Waals surface area contributed by atoms with E-state index in [2.05, 4.69) is 0 Å². The molecule has 0 bridgehead atoms. The average molecular weight is 185 g/mol. The number of carbonyl (C=O) groups is 1. The van der Waals surface area contributed by atoms with Crippen LogP contribution in [0.15, 0.2) is 0 Å². The van der Waals surface area contributed by atoms with E-state index in [0.717, 1.165) is 0 Å². The van der Waals surface area contributed by atoms with Crippen LogP contribution in [0.5, 0.6) is 0 Å². The Hall–Kier alpha value is 0.570. The summed E-state index contributed by atoms with van der Waals surface area (Å²) < 4.78 is 0. The maximum Gasteiger partial charge on any atom is 2.00 e. The van der Waals surface area contributed by atoms with Crippen molar-refractivity contribution in [1.29, 1.82) is 0 Å². The molecule has 64 valence electrons. The van der Waals surface area contributed by atoms with Gasteiger partial charge in [0, 0.05) is 0 Å². The van der Waals surface area contributed by atoms with Gasteiger partial charge in [0.2, 0.25) is 0 Å². The van der Waals surface area contributed by atoms with Crippen molar-refractivity contribution in [2.75, 3.05) is 0 Å². The molecule has 0 fully saturated rings. The van der Waals surface area contributed by atoms with Crippen molar-refractivity contribution in [1.82, 2.24) is 6.15 Å². The van der Waals surface area contributed by atoms with Gasteiger partial charge < -0.3 is 30.2 Å². The molecule has 1 unspecified atom stereocenters. The van der Waals surface area contributed by atoms with Gasteiger partial charge in [-0.2, -0.15) is 0 Å². The summed E-state index contributed by atoms with van der Waals surface area (Å²) in [6.45, 7) is 1.20. The van der Waals surface area contributed by atoms with E-state index in [9.17, 15) is 4.79 Å². The van der Waals surface area contributed by atoms with Crippen molar-refractivity contribution in [2.24, 2.45) is 0 Å². The van der Waals surface area contributed by atoms with Crippen molar-refractivity contribution < 1.29 is 28.8 Å². The molecule has 9 N–H and O–H groups in total. The smallest absolute Gasteiger partial charge is 1.00 e. The van der Waals surface area contributed by atoms with Gasteiger partial charge in [0.1, 0.15) is 6.10 Å². The maximum absolute atomic E-state index is 9.45. The number of rotatable bonds is 1. The first-order chi connectivity index (χ1) is 2.64. The Kier molecular flexibility index (Phi) is 50.8. The summed E-state index contributed by atoms with van der Waals surface area (Å²) in [6.07, 6.45) is -1.23. The molecule has 0 saturated heterocycles. The van der Waals surface area contributed by atoms with Crippen LogP contribution in [0.3, 0.4) is 0 Å². The number of aliphatic hydroxyl groups is 1. The fourth-order valence-electron chi connectivity index (χ4n) is 0. The minimum Gasteiger partial charge on any atom is -1.00 e. The maximum atomic E-state index is 9.45. The number of hydrogen-bond acceptors (Lipinski definition) is 3. The summed E-state index contributed by atoms with van der Waals surface area (Å²) in [5, 5.41) is 15.8. The number of aliphatic carboxylic acids is 1. The van der Waals surface area contributed by atoms with Gasteiger partial charge in [0.25, 0.3) is 0 Å². The number of aliphatic hydroxyl groups excluding tert-OH is 1. The molecule has 0 rings (SSSR count). The zero-order valence-electron chi connectivity index (χ0n) is 7.79. The number of hydrogen-bond donors (Lipinski definition) is 3. The van der Waals surface area contributed by atoms with Crippen LogP contribution < -0.4 is 6.15 Å². The molecule has 0 amide bonds. The van der Waals surface area contributed by atoms with Crippen LogP contribution in [0.4, 0.5) is 0 Å². The Morgan fingerprint density at radius 3 is 1.60 bits per heavy atom. The van der Waals surface area contributed by atoms with Gasteiger partial charge in [-0.15, -0.1) is 0 Å². The van der Waals surface area contributed by atoms with Gasteiger partial charge in [-0.05, 0) is 6.92 Å². The van der Waals surface area contributed by atoms with E-state index in [0.29, 0.717) is 0 Å². The predicted molar refractivity (Wildman–Crippen MR) is 39.5 cm³/mol. The minimum atomic E-state index is -1.23. The predicted octanol–water partition coefficient (Wildman–Crippen LogP) is -2.19. The molecule has 0 aromatic carbocycles. The van der Waals surface area contributed by atoms with Crippen LogP contribution >= 0.6 is 0 Å². The normalized spacial score (nSPS) is 8.20. The van der Waals surface area contributed by atoms with Crippen molar-refractivity contribution in [3.63, 3.8) is 0 Å². The first-order valence-electron chi connectivity index (χ1n) is 1.55. The molecular formula is C3H15CaNO5. The van der Waals surface area contributed by atoms with Gasteiger partial charge in [-0.1, -0.05) is 0 Å². The third kappa shape index (κ3) is 23.5.